The predicted molar refractivity (Wildman–Crippen MR) is 60.1 cm³/mol. The van der Waals surface area contributed by atoms with Crippen LogP contribution in [0.2, 0.25) is 0 Å². The van der Waals surface area contributed by atoms with Crippen molar-refractivity contribution in [3.05, 3.63) is 0 Å². The molecule has 0 fully saturated rings. The molecule has 78 valence electrons. The minimum absolute atomic E-state index is 0.147. The van der Waals surface area contributed by atoms with Crippen molar-refractivity contribution >= 4 is 21.8 Å². The summed E-state index contributed by atoms with van der Waals surface area (Å²) in [6.07, 6.45) is 2.17. The van der Waals surface area contributed by atoms with Gasteiger partial charge < -0.3 is 4.90 Å². The van der Waals surface area contributed by atoms with Gasteiger partial charge in [0, 0.05) is 13.1 Å². The number of hydrogen-bond acceptors (Lipinski definition) is 1. The van der Waals surface area contributed by atoms with Crippen LogP contribution in [0.3, 0.4) is 0 Å². The molecule has 0 aromatic rings. The van der Waals surface area contributed by atoms with Crippen molar-refractivity contribution in [3.8, 4) is 0 Å². The second-order valence-corrected chi connectivity index (χ2v) is 6.01. The van der Waals surface area contributed by atoms with Crippen molar-refractivity contribution in [2.75, 3.05) is 7.05 Å². The molecule has 2 nitrogen and oxygen atoms in total. The lowest BCUT2D eigenvalue weighted by Crippen LogP contribution is -2.43. The fourth-order valence-electron chi connectivity index (χ4n) is 1.23. The fraction of sp³-hybridized carbons (Fsp3) is 0.900. The first-order valence-corrected chi connectivity index (χ1v) is 5.56. The van der Waals surface area contributed by atoms with Crippen molar-refractivity contribution in [1.29, 1.82) is 0 Å². The van der Waals surface area contributed by atoms with Crippen molar-refractivity contribution in [3.63, 3.8) is 0 Å². The molecule has 0 N–H and O–H groups in total. The Labute approximate surface area is 89.8 Å². The van der Waals surface area contributed by atoms with E-state index in [0.29, 0.717) is 6.04 Å². The highest BCUT2D eigenvalue weighted by atomic mass is 79.9. The Kier molecular flexibility index (Phi) is 4.97. The van der Waals surface area contributed by atoms with Gasteiger partial charge in [-0.2, -0.15) is 0 Å². The van der Waals surface area contributed by atoms with E-state index in [1.165, 1.54) is 0 Å². The van der Waals surface area contributed by atoms with Gasteiger partial charge in [-0.25, -0.2) is 0 Å². The van der Waals surface area contributed by atoms with E-state index in [1.54, 1.807) is 0 Å². The number of alkyl halides is 1. The molecule has 1 atom stereocenters. The summed E-state index contributed by atoms with van der Waals surface area (Å²) in [5, 5.41) is 0. The summed E-state index contributed by atoms with van der Waals surface area (Å²) in [5.74, 6) is 0.147. The second kappa shape index (κ2) is 4.99. The van der Waals surface area contributed by atoms with E-state index in [1.807, 2.05) is 25.8 Å². The number of hydrogen-bond donors (Lipinski definition) is 0. The lowest BCUT2D eigenvalue weighted by molar-refractivity contribution is -0.133. The number of carbonyl (C=O) groups is 1. The Morgan fingerprint density at radius 1 is 1.54 bits per heavy atom. The highest BCUT2D eigenvalue weighted by Gasteiger charge is 2.28. The molecular weight excluding hydrogens is 230 g/mol. The largest absolute Gasteiger partial charge is 0.342 e. The molecule has 0 rings (SSSR count). The van der Waals surface area contributed by atoms with Gasteiger partial charge in [-0.3, -0.25) is 4.79 Å². The minimum atomic E-state index is -0.441. The zero-order chi connectivity index (χ0) is 10.6. The van der Waals surface area contributed by atoms with Gasteiger partial charge in [-0.15, -0.1) is 0 Å². The lowest BCUT2D eigenvalue weighted by atomic mass is 10.1. The highest BCUT2D eigenvalue weighted by molar-refractivity contribution is 9.10. The normalized spacial score (nSPS) is 14.0. The SMILES string of the molecule is CCCC(C)N(C)C(=O)C(C)(C)Br. The van der Waals surface area contributed by atoms with Crippen molar-refractivity contribution < 1.29 is 4.79 Å². The molecule has 0 aromatic heterocycles. The van der Waals surface area contributed by atoms with Gasteiger partial charge in [0.2, 0.25) is 5.91 Å². The maximum Gasteiger partial charge on any atom is 0.238 e. The van der Waals surface area contributed by atoms with Gasteiger partial charge in [-0.05, 0) is 27.2 Å². The summed E-state index contributed by atoms with van der Waals surface area (Å²) in [6, 6.07) is 0.328. The molecule has 1 unspecified atom stereocenters. The molecule has 0 aliphatic rings. The number of rotatable bonds is 4. The van der Waals surface area contributed by atoms with Crippen molar-refractivity contribution in [1.82, 2.24) is 4.90 Å². The maximum atomic E-state index is 11.8. The van der Waals surface area contributed by atoms with Crippen LogP contribution in [0.1, 0.15) is 40.5 Å². The predicted octanol–water partition coefficient (Wildman–Crippen LogP) is 2.81. The molecule has 0 bridgehead atoms. The third-order valence-corrected chi connectivity index (χ3v) is 2.54. The van der Waals surface area contributed by atoms with Crippen LogP contribution in [0.4, 0.5) is 0 Å². The van der Waals surface area contributed by atoms with Crippen molar-refractivity contribution in [2.24, 2.45) is 0 Å². The zero-order valence-corrected chi connectivity index (χ0v) is 10.8. The van der Waals surface area contributed by atoms with Gasteiger partial charge in [0.25, 0.3) is 0 Å². The summed E-state index contributed by atoms with van der Waals surface area (Å²) >= 11 is 3.37. The van der Waals surface area contributed by atoms with Crippen LogP contribution < -0.4 is 0 Å². The summed E-state index contributed by atoms with van der Waals surface area (Å²) in [7, 11) is 1.87. The fourth-order valence-corrected chi connectivity index (χ4v) is 1.51. The van der Waals surface area contributed by atoms with Crippen LogP contribution in [-0.4, -0.2) is 28.2 Å². The molecule has 0 heterocycles. The first-order chi connectivity index (χ1) is 5.80. The smallest absolute Gasteiger partial charge is 0.238 e. The molecular formula is C10H20BrNO. The first-order valence-electron chi connectivity index (χ1n) is 4.76. The van der Waals surface area contributed by atoms with E-state index in [-0.39, 0.29) is 5.91 Å². The van der Waals surface area contributed by atoms with Gasteiger partial charge in [-0.1, -0.05) is 29.3 Å². The van der Waals surface area contributed by atoms with E-state index in [4.69, 9.17) is 0 Å². The molecule has 0 aliphatic carbocycles. The number of nitrogens with zero attached hydrogens (tertiary/aromatic N) is 1. The summed E-state index contributed by atoms with van der Waals surface area (Å²) in [4.78, 5) is 13.6. The molecule has 0 radical (unpaired) electrons. The molecule has 0 aliphatic heterocycles. The quantitative estimate of drug-likeness (QED) is 0.702. The van der Waals surface area contributed by atoms with Crippen LogP contribution in [0.5, 0.6) is 0 Å². The van der Waals surface area contributed by atoms with Crippen LogP contribution in [0.15, 0.2) is 0 Å². The van der Waals surface area contributed by atoms with Crippen LogP contribution in [-0.2, 0) is 4.79 Å². The number of halogens is 1. The molecule has 0 aromatic carbocycles. The third-order valence-electron chi connectivity index (χ3n) is 2.20. The van der Waals surface area contributed by atoms with Crippen LogP contribution in [0, 0.1) is 0 Å². The molecule has 0 spiro atoms. The van der Waals surface area contributed by atoms with Gasteiger partial charge >= 0.3 is 0 Å². The van der Waals surface area contributed by atoms with E-state index < -0.39 is 4.32 Å². The number of carbonyl (C=O) groups excluding carboxylic acids is 1. The average molecular weight is 250 g/mol. The maximum absolute atomic E-state index is 11.8. The van der Waals surface area contributed by atoms with Crippen LogP contribution in [0.25, 0.3) is 0 Å². The monoisotopic (exact) mass is 249 g/mol. The number of amides is 1. The topological polar surface area (TPSA) is 20.3 Å². The summed E-state index contributed by atoms with van der Waals surface area (Å²) < 4.78 is -0.441. The van der Waals surface area contributed by atoms with Crippen LogP contribution >= 0.6 is 15.9 Å². The second-order valence-electron chi connectivity index (χ2n) is 4.03. The van der Waals surface area contributed by atoms with E-state index in [0.717, 1.165) is 12.8 Å². The van der Waals surface area contributed by atoms with E-state index in [9.17, 15) is 4.79 Å². The molecule has 0 saturated carbocycles. The van der Waals surface area contributed by atoms with Gasteiger partial charge in [0.05, 0.1) is 4.32 Å². The first kappa shape index (κ1) is 12.9. The summed E-state index contributed by atoms with van der Waals surface area (Å²) in [6.45, 7) is 7.98. The molecule has 3 heteroatoms. The Hall–Kier alpha value is -0.0500. The standard InChI is InChI=1S/C10H20BrNO/c1-6-7-8(2)12(5)9(13)10(3,4)11/h8H,6-7H2,1-5H3. The van der Waals surface area contributed by atoms with Gasteiger partial charge in [0.15, 0.2) is 0 Å². The van der Waals surface area contributed by atoms with Gasteiger partial charge in [0.1, 0.15) is 0 Å². The Morgan fingerprint density at radius 2 is 2.00 bits per heavy atom. The summed E-state index contributed by atoms with van der Waals surface area (Å²) in [5.41, 5.74) is 0. The Bertz CT molecular complexity index is 174. The third kappa shape index (κ3) is 4.12. The Morgan fingerprint density at radius 3 is 2.31 bits per heavy atom. The highest BCUT2D eigenvalue weighted by Crippen LogP contribution is 2.20. The van der Waals surface area contributed by atoms with Crippen molar-refractivity contribution in [2.45, 2.75) is 50.9 Å². The zero-order valence-electron chi connectivity index (χ0n) is 9.22. The molecule has 1 amide bonds. The average Bonchev–Trinajstić information content (AvgIpc) is 2.00. The van der Waals surface area contributed by atoms with E-state index in [2.05, 4.69) is 29.8 Å². The molecule has 0 saturated heterocycles. The Balaban J connectivity index is 4.26. The molecule has 13 heavy (non-hydrogen) atoms. The minimum Gasteiger partial charge on any atom is -0.342 e. The lowest BCUT2D eigenvalue weighted by Gasteiger charge is -2.29. The van der Waals surface area contributed by atoms with E-state index >= 15 is 0 Å².